The molecule has 1 aliphatic heterocycles. The Morgan fingerprint density at radius 3 is 2.68 bits per heavy atom. The number of anilines is 2. The Morgan fingerprint density at radius 1 is 1.23 bits per heavy atom. The van der Waals surface area contributed by atoms with Gasteiger partial charge in [-0.2, -0.15) is 5.10 Å². The van der Waals surface area contributed by atoms with E-state index in [2.05, 4.69) is 10.4 Å². The Morgan fingerprint density at radius 2 is 1.95 bits per heavy atom. The molecule has 7 nitrogen and oxygen atoms in total. The average Bonchev–Trinajstić information content (AvgIpc) is 2.47. The van der Waals surface area contributed by atoms with Crippen molar-refractivity contribution in [1.29, 1.82) is 0 Å². The second-order valence-electron chi connectivity index (χ2n) is 5.34. The van der Waals surface area contributed by atoms with Crippen LogP contribution in [0.25, 0.3) is 0 Å². The molecule has 0 saturated heterocycles. The highest BCUT2D eigenvalue weighted by Gasteiger charge is 2.32. The van der Waals surface area contributed by atoms with E-state index in [1.165, 1.54) is 16.9 Å². The van der Waals surface area contributed by atoms with E-state index in [1.54, 1.807) is 18.2 Å². The van der Waals surface area contributed by atoms with Crippen molar-refractivity contribution in [3.05, 3.63) is 40.8 Å². The topological polar surface area (TPSA) is 84.3 Å². The molecule has 0 amide bonds. The zero-order chi connectivity index (χ0) is 15.9. The highest BCUT2D eigenvalue weighted by atomic mass is 32.2. The first kappa shape index (κ1) is 14.7. The second kappa shape index (κ2) is 5.22. The molecule has 2 aromatic rings. The summed E-state index contributed by atoms with van der Waals surface area (Å²) >= 11 is 0. The van der Waals surface area contributed by atoms with Crippen LogP contribution in [-0.4, -0.2) is 43.7 Å². The first-order valence-electron chi connectivity index (χ1n) is 6.77. The van der Waals surface area contributed by atoms with Gasteiger partial charge in [-0.25, -0.2) is 13.1 Å². The summed E-state index contributed by atoms with van der Waals surface area (Å²) in [5.74, 6) is 0. The van der Waals surface area contributed by atoms with Gasteiger partial charge in [0, 0.05) is 6.54 Å². The molecule has 0 aliphatic carbocycles. The Balaban J connectivity index is 2.13. The zero-order valence-electron chi connectivity index (χ0n) is 12.3. The van der Waals surface area contributed by atoms with Crippen LogP contribution >= 0.6 is 0 Å². The maximum atomic E-state index is 12.6. The lowest BCUT2D eigenvalue weighted by Crippen LogP contribution is -2.32. The van der Waals surface area contributed by atoms with Crippen LogP contribution in [0.1, 0.15) is 0 Å². The number of sulfone groups is 1. The summed E-state index contributed by atoms with van der Waals surface area (Å²) in [6, 6.07) is 6.52. The number of hydrogen-bond donors (Lipinski definition) is 1. The quantitative estimate of drug-likeness (QED) is 0.764. The van der Waals surface area contributed by atoms with Crippen molar-refractivity contribution in [3.63, 3.8) is 0 Å². The smallest absolute Gasteiger partial charge is 0.291 e. The van der Waals surface area contributed by atoms with Crippen molar-refractivity contribution < 1.29 is 8.42 Å². The molecule has 1 aliphatic rings. The van der Waals surface area contributed by atoms with Crippen LogP contribution in [0.5, 0.6) is 0 Å². The molecule has 0 atom stereocenters. The molecule has 1 aromatic heterocycles. The number of benzene rings is 1. The van der Waals surface area contributed by atoms with Gasteiger partial charge in [-0.3, -0.25) is 4.79 Å². The first-order chi connectivity index (χ1) is 10.4. The van der Waals surface area contributed by atoms with Crippen LogP contribution < -0.4 is 10.9 Å². The lowest BCUT2D eigenvalue weighted by molar-refractivity contribution is 0.367. The van der Waals surface area contributed by atoms with Crippen molar-refractivity contribution in [3.8, 4) is 0 Å². The van der Waals surface area contributed by atoms with Crippen molar-refractivity contribution in [2.75, 3.05) is 26.0 Å². The summed E-state index contributed by atoms with van der Waals surface area (Å²) in [5.41, 5.74) is 0.0438. The molecule has 22 heavy (non-hydrogen) atoms. The van der Waals surface area contributed by atoms with Crippen LogP contribution in [0.4, 0.5) is 11.4 Å². The fourth-order valence-corrected chi connectivity index (χ4v) is 3.80. The zero-order valence-corrected chi connectivity index (χ0v) is 13.1. The van der Waals surface area contributed by atoms with Crippen LogP contribution in [0.3, 0.4) is 0 Å². The standard InChI is InChI=1S/C14H16N4O3S/c1-17(2)7-8-18-14(19)13-12(9-15-18)22(20,21)11-6-4-3-5-10(11)16-13/h3-6,9,16H,7-8H2,1-2H3. The van der Waals surface area contributed by atoms with Gasteiger partial charge in [0.25, 0.3) is 5.56 Å². The van der Waals surface area contributed by atoms with Gasteiger partial charge in [-0.05, 0) is 26.2 Å². The Kier molecular flexibility index (Phi) is 3.50. The number of aromatic nitrogens is 2. The van der Waals surface area contributed by atoms with Gasteiger partial charge < -0.3 is 10.2 Å². The minimum Gasteiger partial charge on any atom is -0.349 e. The summed E-state index contributed by atoms with van der Waals surface area (Å²) < 4.78 is 26.5. The fraction of sp³-hybridized carbons (Fsp3) is 0.286. The van der Waals surface area contributed by atoms with Crippen molar-refractivity contribution in [2.45, 2.75) is 16.3 Å². The molecule has 0 unspecified atom stereocenters. The molecule has 0 spiro atoms. The molecule has 1 aromatic carbocycles. The third-order valence-electron chi connectivity index (χ3n) is 3.49. The van der Waals surface area contributed by atoms with E-state index in [0.29, 0.717) is 18.8 Å². The van der Waals surface area contributed by atoms with Crippen molar-refractivity contribution in [1.82, 2.24) is 14.7 Å². The molecule has 8 heteroatoms. The normalized spacial score (nSPS) is 15.0. The molecular weight excluding hydrogens is 304 g/mol. The molecule has 0 fully saturated rings. The number of likely N-dealkylation sites (N-methyl/N-ethyl adjacent to an activating group) is 1. The predicted octanol–water partition coefficient (Wildman–Crippen LogP) is 0.695. The van der Waals surface area contributed by atoms with Crippen LogP contribution in [0.15, 0.2) is 45.0 Å². The van der Waals surface area contributed by atoms with Gasteiger partial charge in [0.1, 0.15) is 10.6 Å². The molecule has 0 bridgehead atoms. The van der Waals surface area contributed by atoms with E-state index < -0.39 is 15.4 Å². The molecule has 1 N–H and O–H groups in total. The maximum absolute atomic E-state index is 12.6. The summed E-state index contributed by atoms with van der Waals surface area (Å²) in [7, 11) is 0.0619. The number of nitrogens with one attached hydrogen (secondary N) is 1. The molecule has 0 saturated carbocycles. The summed E-state index contributed by atoms with van der Waals surface area (Å²) in [6.45, 7) is 1.03. The van der Waals surface area contributed by atoms with Gasteiger partial charge in [-0.1, -0.05) is 12.1 Å². The molecule has 3 rings (SSSR count). The van der Waals surface area contributed by atoms with E-state index in [9.17, 15) is 13.2 Å². The summed E-state index contributed by atoms with van der Waals surface area (Å²) in [6.07, 6.45) is 1.24. The third-order valence-corrected chi connectivity index (χ3v) is 5.32. The Bertz CT molecular complexity index is 887. The van der Waals surface area contributed by atoms with Gasteiger partial charge in [-0.15, -0.1) is 0 Å². The molecule has 2 heterocycles. The first-order valence-corrected chi connectivity index (χ1v) is 8.25. The summed E-state index contributed by atoms with van der Waals surface area (Å²) in [5, 5.41) is 6.92. The van der Waals surface area contributed by atoms with E-state index >= 15 is 0 Å². The fourth-order valence-electron chi connectivity index (χ4n) is 2.30. The van der Waals surface area contributed by atoms with Gasteiger partial charge in [0.2, 0.25) is 9.84 Å². The SMILES string of the molecule is CN(C)CCn1ncc2c(c1=O)Nc1ccccc1S2(=O)=O. The van der Waals surface area contributed by atoms with E-state index in [1.807, 2.05) is 19.0 Å². The van der Waals surface area contributed by atoms with E-state index in [-0.39, 0.29) is 15.5 Å². The second-order valence-corrected chi connectivity index (χ2v) is 7.23. The van der Waals surface area contributed by atoms with Crippen LogP contribution in [0, 0.1) is 0 Å². The van der Waals surface area contributed by atoms with Gasteiger partial charge >= 0.3 is 0 Å². The minimum atomic E-state index is -3.72. The number of nitrogens with zero attached hydrogens (tertiary/aromatic N) is 3. The highest BCUT2D eigenvalue weighted by Crippen LogP contribution is 2.36. The number of para-hydroxylation sites is 1. The maximum Gasteiger partial charge on any atom is 0.291 e. The number of hydrogen-bond acceptors (Lipinski definition) is 6. The monoisotopic (exact) mass is 320 g/mol. The number of rotatable bonds is 3. The molecule has 116 valence electrons. The number of fused-ring (bicyclic) bond motifs is 2. The lowest BCUT2D eigenvalue weighted by Gasteiger charge is -2.21. The van der Waals surface area contributed by atoms with Crippen molar-refractivity contribution >= 4 is 21.2 Å². The molecule has 0 radical (unpaired) electrons. The summed E-state index contributed by atoms with van der Waals surface area (Å²) in [4.78, 5) is 14.5. The Labute approximate surface area is 128 Å². The lowest BCUT2D eigenvalue weighted by atomic mass is 10.3. The predicted molar refractivity (Wildman–Crippen MR) is 82.2 cm³/mol. The van der Waals surface area contributed by atoms with Crippen molar-refractivity contribution in [2.24, 2.45) is 0 Å². The van der Waals surface area contributed by atoms with Crippen LogP contribution in [-0.2, 0) is 16.4 Å². The average molecular weight is 320 g/mol. The Hall–Kier alpha value is -2.19. The highest BCUT2D eigenvalue weighted by molar-refractivity contribution is 7.92. The van der Waals surface area contributed by atoms with Gasteiger partial charge in [0.05, 0.1) is 23.3 Å². The van der Waals surface area contributed by atoms with Gasteiger partial charge in [0.15, 0.2) is 0 Å². The largest absolute Gasteiger partial charge is 0.349 e. The molecular formula is C14H16N4O3S. The third kappa shape index (κ3) is 2.30. The minimum absolute atomic E-state index is 0.0625. The van der Waals surface area contributed by atoms with Crippen LogP contribution in [0.2, 0.25) is 0 Å². The van der Waals surface area contributed by atoms with E-state index in [4.69, 9.17) is 0 Å². The van der Waals surface area contributed by atoms with E-state index in [0.717, 1.165) is 0 Å².